The number of aliphatic hydroxyl groups is 1. The lowest BCUT2D eigenvalue weighted by atomic mass is 10.3. The van der Waals surface area contributed by atoms with Crippen molar-refractivity contribution < 1.29 is 19.4 Å². The molecule has 2 aromatic heterocycles. The molecule has 11 nitrogen and oxygen atoms in total. The Labute approximate surface area is 173 Å². The fourth-order valence-corrected chi connectivity index (χ4v) is 3.58. The van der Waals surface area contributed by atoms with E-state index >= 15 is 0 Å². The predicted octanol–water partition coefficient (Wildman–Crippen LogP) is 0.138. The summed E-state index contributed by atoms with van der Waals surface area (Å²) < 4.78 is 6.91. The van der Waals surface area contributed by atoms with Gasteiger partial charge in [-0.3, -0.25) is 14.4 Å². The third-order valence-electron chi connectivity index (χ3n) is 5.08. The van der Waals surface area contributed by atoms with Gasteiger partial charge >= 0.3 is 6.03 Å². The number of morpholine rings is 1. The lowest BCUT2D eigenvalue weighted by Gasteiger charge is -2.27. The van der Waals surface area contributed by atoms with E-state index < -0.39 is 0 Å². The van der Waals surface area contributed by atoms with Gasteiger partial charge in [0.25, 0.3) is 5.91 Å². The maximum atomic E-state index is 12.9. The van der Waals surface area contributed by atoms with Gasteiger partial charge in [-0.2, -0.15) is 5.10 Å². The van der Waals surface area contributed by atoms with Gasteiger partial charge in [0.2, 0.25) is 0 Å². The van der Waals surface area contributed by atoms with E-state index in [0.717, 1.165) is 18.9 Å². The molecule has 0 aromatic carbocycles. The van der Waals surface area contributed by atoms with Crippen LogP contribution in [0, 0.1) is 0 Å². The minimum Gasteiger partial charge on any atom is -0.395 e. The Balaban J connectivity index is 1.51. The van der Waals surface area contributed by atoms with E-state index in [-0.39, 0.29) is 30.8 Å². The first kappa shape index (κ1) is 20.1. The Hall–Kier alpha value is -3.18. The molecule has 4 rings (SSSR count). The molecule has 2 saturated heterocycles. The molecule has 4 heterocycles. The SMILES string of the molecule is Cn1cc(NC(=O)c2cccc(N3CCOCC3)n2)c(N2CCN(CCO)C2=O)n1. The molecule has 3 amide bonds. The molecule has 2 N–H and O–H groups in total. The number of hydrogen-bond acceptors (Lipinski definition) is 7. The van der Waals surface area contributed by atoms with E-state index in [4.69, 9.17) is 9.84 Å². The number of hydrogen-bond donors (Lipinski definition) is 2. The van der Waals surface area contributed by atoms with Crippen LogP contribution >= 0.6 is 0 Å². The van der Waals surface area contributed by atoms with E-state index in [2.05, 4.69) is 20.3 Å². The fourth-order valence-electron chi connectivity index (χ4n) is 3.58. The second kappa shape index (κ2) is 8.67. The number of nitrogens with zero attached hydrogens (tertiary/aromatic N) is 6. The van der Waals surface area contributed by atoms with E-state index in [1.54, 1.807) is 35.0 Å². The normalized spacial score (nSPS) is 17.0. The zero-order chi connectivity index (χ0) is 21.1. The quantitative estimate of drug-likeness (QED) is 0.689. The number of urea groups is 1. The van der Waals surface area contributed by atoms with Crippen LogP contribution < -0.4 is 15.1 Å². The summed E-state index contributed by atoms with van der Waals surface area (Å²) in [7, 11) is 1.72. The number of amides is 3. The van der Waals surface area contributed by atoms with E-state index in [1.165, 1.54) is 4.90 Å². The van der Waals surface area contributed by atoms with Gasteiger partial charge in [-0.25, -0.2) is 9.78 Å². The molecule has 0 saturated carbocycles. The molecule has 2 fully saturated rings. The number of anilines is 3. The van der Waals surface area contributed by atoms with Gasteiger partial charge in [0.05, 0.1) is 26.0 Å². The lowest BCUT2D eigenvalue weighted by molar-refractivity contribution is 0.102. The monoisotopic (exact) mass is 415 g/mol. The minimum atomic E-state index is -0.377. The van der Waals surface area contributed by atoms with Crippen molar-refractivity contribution in [1.82, 2.24) is 19.7 Å². The van der Waals surface area contributed by atoms with E-state index in [1.807, 2.05) is 6.07 Å². The summed E-state index contributed by atoms with van der Waals surface area (Å²) in [5, 5.41) is 16.3. The fraction of sp³-hybridized carbons (Fsp3) is 0.474. The summed E-state index contributed by atoms with van der Waals surface area (Å²) in [6, 6.07) is 5.08. The van der Waals surface area contributed by atoms with Crippen molar-refractivity contribution in [2.75, 3.05) is 67.7 Å². The molecule has 0 radical (unpaired) electrons. The highest BCUT2D eigenvalue weighted by atomic mass is 16.5. The molecule has 2 aliphatic rings. The van der Waals surface area contributed by atoms with Gasteiger partial charge in [0, 0.05) is 39.8 Å². The number of aromatic nitrogens is 3. The average Bonchev–Trinajstić information content (AvgIpc) is 3.31. The Morgan fingerprint density at radius 3 is 2.80 bits per heavy atom. The van der Waals surface area contributed by atoms with Crippen LogP contribution in [0.1, 0.15) is 10.5 Å². The van der Waals surface area contributed by atoms with Gasteiger partial charge < -0.3 is 25.0 Å². The van der Waals surface area contributed by atoms with Crippen molar-refractivity contribution in [3.63, 3.8) is 0 Å². The van der Waals surface area contributed by atoms with Crippen LogP contribution in [0.2, 0.25) is 0 Å². The van der Waals surface area contributed by atoms with E-state index in [9.17, 15) is 9.59 Å². The molecule has 0 aliphatic carbocycles. The van der Waals surface area contributed by atoms with Crippen LogP contribution in [0.5, 0.6) is 0 Å². The molecule has 2 aromatic rings. The molecule has 2 aliphatic heterocycles. The molecule has 11 heteroatoms. The number of carbonyl (C=O) groups is 2. The molecular formula is C19H25N7O4. The Morgan fingerprint density at radius 2 is 2.03 bits per heavy atom. The Morgan fingerprint density at radius 1 is 1.23 bits per heavy atom. The van der Waals surface area contributed by atoms with Crippen molar-refractivity contribution in [2.24, 2.45) is 7.05 Å². The van der Waals surface area contributed by atoms with Gasteiger partial charge in [0.1, 0.15) is 17.2 Å². The molecule has 30 heavy (non-hydrogen) atoms. The third kappa shape index (κ3) is 4.07. The van der Waals surface area contributed by atoms with Crippen molar-refractivity contribution in [1.29, 1.82) is 0 Å². The number of carbonyl (C=O) groups excluding carboxylic acids is 2. The summed E-state index contributed by atoms with van der Waals surface area (Å²) in [5.74, 6) is 0.727. The number of rotatable bonds is 6. The number of pyridine rings is 1. The minimum absolute atomic E-state index is 0.101. The summed E-state index contributed by atoms with van der Waals surface area (Å²) in [6.45, 7) is 3.82. The summed E-state index contributed by atoms with van der Waals surface area (Å²) in [4.78, 5) is 35.1. The highest BCUT2D eigenvalue weighted by Gasteiger charge is 2.32. The van der Waals surface area contributed by atoms with Crippen LogP contribution in [-0.2, 0) is 11.8 Å². The maximum absolute atomic E-state index is 12.9. The zero-order valence-corrected chi connectivity index (χ0v) is 16.8. The van der Waals surface area contributed by atoms with Crippen LogP contribution in [0.25, 0.3) is 0 Å². The van der Waals surface area contributed by atoms with Gasteiger partial charge in [0.15, 0.2) is 5.82 Å². The number of ether oxygens (including phenoxy) is 1. The first-order chi connectivity index (χ1) is 14.6. The third-order valence-corrected chi connectivity index (χ3v) is 5.08. The summed E-state index contributed by atoms with van der Waals surface area (Å²) in [5.41, 5.74) is 0.712. The van der Waals surface area contributed by atoms with Crippen molar-refractivity contribution >= 4 is 29.3 Å². The highest BCUT2D eigenvalue weighted by molar-refractivity contribution is 6.06. The van der Waals surface area contributed by atoms with Gasteiger partial charge in [-0.15, -0.1) is 0 Å². The van der Waals surface area contributed by atoms with Crippen molar-refractivity contribution in [2.45, 2.75) is 0 Å². The van der Waals surface area contributed by atoms with Crippen LogP contribution in [0.4, 0.5) is 22.1 Å². The summed E-state index contributed by atoms with van der Waals surface area (Å²) >= 11 is 0. The van der Waals surface area contributed by atoms with Crippen LogP contribution in [0.15, 0.2) is 24.4 Å². The number of nitrogens with one attached hydrogen (secondary N) is 1. The molecule has 0 bridgehead atoms. The van der Waals surface area contributed by atoms with Crippen molar-refractivity contribution in [3.05, 3.63) is 30.1 Å². The van der Waals surface area contributed by atoms with Crippen LogP contribution in [0.3, 0.4) is 0 Å². The largest absolute Gasteiger partial charge is 0.395 e. The second-order valence-corrected chi connectivity index (χ2v) is 7.12. The van der Waals surface area contributed by atoms with Gasteiger partial charge in [-0.05, 0) is 12.1 Å². The number of aliphatic hydroxyl groups excluding tert-OH is 1. The molecule has 160 valence electrons. The smallest absolute Gasteiger partial charge is 0.325 e. The Kier molecular flexibility index (Phi) is 5.81. The van der Waals surface area contributed by atoms with Crippen molar-refractivity contribution in [3.8, 4) is 0 Å². The zero-order valence-electron chi connectivity index (χ0n) is 16.8. The first-order valence-electron chi connectivity index (χ1n) is 9.89. The highest BCUT2D eigenvalue weighted by Crippen LogP contribution is 2.27. The molecule has 0 spiro atoms. The van der Waals surface area contributed by atoms with Gasteiger partial charge in [-0.1, -0.05) is 6.07 Å². The second-order valence-electron chi connectivity index (χ2n) is 7.12. The number of aryl methyl sites for hydroxylation is 1. The average molecular weight is 415 g/mol. The number of β-amino-alcohol motifs (C(OH)–C–C–N with tert-alkyl or cyclic N) is 1. The molecule has 0 atom stereocenters. The van der Waals surface area contributed by atoms with E-state index in [0.29, 0.717) is 37.8 Å². The first-order valence-corrected chi connectivity index (χ1v) is 9.89. The molecule has 0 unspecified atom stereocenters. The predicted molar refractivity (Wildman–Crippen MR) is 110 cm³/mol. The standard InChI is InChI=1S/C19H25N7O4/c1-23-13-15(17(22-23)26-6-5-25(7-10-27)19(26)29)21-18(28)14-3-2-4-16(20-14)24-8-11-30-12-9-24/h2-4,13,27H,5-12H2,1H3,(H,21,28). The molecular weight excluding hydrogens is 390 g/mol. The summed E-state index contributed by atoms with van der Waals surface area (Å²) in [6.07, 6.45) is 1.65. The van der Waals surface area contributed by atoms with Crippen LogP contribution in [-0.4, -0.2) is 89.3 Å². The lowest BCUT2D eigenvalue weighted by Crippen LogP contribution is -2.37. The topological polar surface area (TPSA) is 116 Å². The maximum Gasteiger partial charge on any atom is 0.325 e. The Bertz CT molecular complexity index is 925.